The third kappa shape index (κ3) is 2.42. The Hall–Kier alpha value is -2.20. The molecular weight excluding hydrogens is 272 g/mol. The van der Waals surface area contributed by atoms with Crippen LogP contribution in [-0.2, 0) is 0 Å². The van der Waals surface area contributed by atoms with E-state index in [1.54, 1.807) is 24.8 Å². The Bertz CT molecular complexity index is 730. The van der Waals surface area contributed by atoms with Crippen molar-refractivity contribution in [1.82, 2.24) is 15.0 Å². The normalized spacial score (nSPS) is 12.3. The van der Waals surface area contributed by atoms with Crippen molar-refractivity contribution in [3.05, 3.63) is 59.8 Å². The molecule has 1 unspecified atom stereocenters. The SMILES string of the molecule is CC(Nc1ccc(Cl)c2cccnc12)c1cnccn1. The summed E-state index contributed by atoms with van der Waals surface area (Å²) in [6.07, 6.45) is 6.86. The fourth-order valence-electron chi connectivity index (χ4n) is 2.10. The maximum absolute atomic E-state index is 6.19. The van der Waals surface area contributed by atoms with E-state index in [2.05, 4.69) is 20.3 Å². The average molecular weight is 285 g/mol. The van der Waals surface area contributed by atoms with Crippen LogP contribution in [0, 0.1) is 0 Å². The molecule has 1 aromatic carbocycles. The van der Waals surface area contributed by atoms with Gasteiger partial charge in [-0.1, -0.05) is 11.6 Å². The van der Waals surface area contributed by atoms with Gasteiger partial charge in [-0.2, -0.15) is 0 Å². The van der Waals surface area contributed by atoms with Crippen molar-refractivity contribution in [2.45, 2.75) is 13.0 Å². The zero-order valence-electron chi connectivity index (χ0n) is 10.9. The lowest BCUT2D eigenvalue weighted by Crippen LogP contribution is -2.09. The van der Waals surface area contributed by atoms with Crippen LogP contribution in [0.25, 0.3) is 10.9 Å². The van der Waals surface area contributed by atoms with Gasteiger partial charge in [-0.25, -0.2) is 0 Å². The van der Waals surface area contributed by atoms with Crippen molar-refractivity contribution >= 4 is 28.2 Å². The van der Waals surface area contributed by atoms with Crippen LogP contribution >= 0.6 is 11.6 Å². The number of nitrogens with one attached hydrogen (secondary N) is 1. The van der Waals surface area contributed by atoms with Crippen LogP contribution in [-0.4, -0.2) is 15.0 Å². The van der Waals surface area contributed by atoms with Crippen molar-refractivity contribution < 1.29 is 0 Å². The van der Waals surface area contributed by atoms with Gasteiger partial charge in [-0.3, -0.25) is 15.0 Å². The van der Waals surface area contributed by atoms with Gasteiger partial charge in [0.25, 0.3) is 0 Å². The minimum atomic E-state index is 0.0371. The highest BCUT2D eigenvalue weighted by molar-refractivity contribution is 6.35. The van der Waals surface area contributed by atoms with E-state index in [-0.39, 0.29) is 6.04 Å². The molecule has 0 fully saturated rings. The van der Waals surface area contributed by atoms with E-state index in [9.17, 15) is 0 Å². The second-order valence-corrected chi connectivity index (χ2v) is 4.90. The molecule has 0 aliphatic carbocycles. The number of anilines is 1. The van der Waals surface area contributed by atoms with Crippen LogP contribution in [0.1, 0.15) is 18.7 Å². The van der Waals surface area contributed by atoms with Crippen LogP contribution in [0.2, 0.25) is 5.02 Å². The molecule has 0 amide bonds. The van der Waals surface area contributed by atoms with Gasteiger partial charge in [0.2, 0.25) is 0 Å². The lowest BCUT2D eigenvalue weighted by atomic mass is 10.1. The zero-order chi connectivity index (χ0) is 13.9. The third-order valence-corrected chi connectivity index (χ3v) is 3.44. The van der Waals surface area contributed by atoms with Gasteiger partial charge in [0.05, 0.1) is 34.2 Å². The van der Waals surface area contributed by atoms with Gasteiger partial charge in [0.1, 0.15) is 0 Å². The number of fused-ring (bicyclic) bond motifs is 1. The Morgan fingerprint density at radius 1 is 1.10 bits per heavy atom. The number of aromatic nitrogens is 3. The Morgan fingerprint density at radius 3 is 2.80 bits per heavy atom. The highest BCUT2D eigenvalue weighted by Crippen LogP contribution is 2.29. The Balaban J connectivity index is 1.97. The first kappa shape index (κ1) is 12.8. The highest BCUT2D eigenvalue weighted by Gasteiger charge is 2.10. The van der Waals surface area contributed by atoms with Crippen LogP contribution < -0.4 is 5.32 Å². The average Bonchev–Trinajstić information content (AvgIpc) is 2.51. The van der Waals surface area contributed by atoms with Crippen molar-refractivity contribution in [2.75, 3.05) is 5.32 Å². The molecule has 0 spiro atoms. The maximum Gasteiger partial charge on any atom is 0.0948 e. The standard InChI is InChI=1S/C15H13ClN4/c1-10(14-9-17-7-8-18-14)20-13-5-4-12(16)11-3-2-6-19-15(11)13/h2-10,20H,1H3. The first-order chi connectivity index (χ1) is 9.75. The Morgan fingerprint density at radius 2 is 2.00 bits per heavy atom. The van der Waals surface area contributed by atoms with Crippen molar-refractivity contribution in [3.63, 3.8) is 0 Å². The number of nitrogens with zero attached hydrogens (tertiary/aromatic N) is 3. The Kier molecular flexibility index (Phi) is 3.48. The van der Waals surface area contributed by atoms with E-state index < -0.39 is 0 Å². The number of pyridine rings is 1. The molecule has 100 valence electrons. The molecule has 3 aromatic rings. The van der Waals surface area contributed by atoms with Gasteiger partial charge >= 0.3 is 0 Å². The van der Waals surface area contributed by atoms with Gasteiger partial charge < -0.3 is 5.32 Å². The molecule has 2 aromatic heterocycles. The number of hydrogen-bond acceptors (Lipinski definition) is 4. The lowest BCUT2D eigenvalue weighted by molar-refractivity contribution is 0.828. The molecule has 1 N–H and O–H groups in total. The molecule has 2 heterocycles. The van der Waals surface area contributed by atoms with E-state index in [0.29, 0.717) is 5.02 Å². The fourth-order valence-corrected chi connectivity index (χ4v) is 2.31. The summed E-state index contributed by atoms with van der Waals surface area (Å²) < 4.78 is 0. The molecule has 0 aliphatic heterocycles. The molecule has 0 bridgehead atoms. The van der Waals surface area contributed by atoms with Gasteiger partial charge in [0, 0.05) is 24.0 Å². The largest absolute Gasteiger partial charge is 0.375 e. The summed E-state index contributed by atoms with van der Waals surface area (Å²) in [7, 11) is 0. The van der Waals surface area contributed by atoms with E-state index >= 15 is 0 Å². The van der Waals surface area contributed by atoms with Gasteiger partial charge in [0.15, 0.2) is 0 Å². The molecule has 5 heteroatoms. The summed E-state index contributed by atoms with van der Waals surface area (Å²) in [5, 5.41) is 5.04. The minimum Gasteiger partial charge on any atom is -0.375 e. The number of halogens is 1. The van der Waals surface area contributed by atoms with Crippen molar-refractivity contribution in [1.29, 1.82) is 0 Å². The number of benzene rings is 1. The molecule has 3 rings (SSSR count). The monoisotopic (exact) mass is 284 g/mol. The summed E-state index contributed by atoms with van der Waals surface area (Å²) in [5.74, 6) is 0. The molecule has 4 nitrogen and oxygen atoms in total. The summed E-state index contributed by atoms with van der Waals surface area (Å²) in [5.41, 5.74) is 2.67. The molecule has 0 radical (unpaired) electrons. The lowest BCUT2D eigenvalue weighted by Gasteiger charge is -2.16. The summed E-state index contributed by atoms with van der Waals surface area (Å²) in [4.78, 5) is 12.8. The first-order valence-corrected chi connectivity index (χ1v) is 6.69. The molecule has 1 atom stereocenters. The van der Waals surface area contributed by atoms with E-state index in [1.165, 1.54) is 0 Å². The molecule has 0 saturated heterocycles. The number of rotatable bonds is 3. The topological polar surface area (TPSA) is 50.7 Å². The van der Waals surface area contributed by atoms with Crippen molar-refractivity contribution in [2.24, 2.45) is 0 Å². The van der Waals surface area contributed by atoms with E-state index in [4.69, 9.17) is 11.6 Å². The highest BCUT2D eigenvalue weighted by atomic mass is 35.5. The van der Waals surface area contributed by atoms with E-state index in [1.807, 2.05) is 31.2 Å². The maximum atomic E-state index is 6.19. The number of hydrogen-bond donors (Lipinski definition) is 1. The predicted molar refractivity (Wildman–Crippen MR) is 80.8 cm³/mol. The summed E-state index contributed by atoms with van der Waals surface area (Å²) in [6.45, 7) is 2.04. The van der Waals surface area contributed by atoms with Crippen LogP contribution in [0.4, 0.5) is 5.69 Å². The third-order valence-electron chi connectivity index (χ3n) is 3.12. The van der Waals surface area contributed by atoms with Crippen LogP contribution in [0.3, 0.4) is 0 Å². The van der Waals surface area contributed by atoms with Gasteiger partial charge in [-0.15, -0.1) is 0 Å². The molecule has 20 heavy (non-hydrogen) atoms. The van der Waals surface area contributed by atoms with Crippen molar-refractivity contribution in [3.8, 4) is 0 Å². The second-order valence-electron chi connectivity index (χ2n) is 4.49. The second kappa shape index (κ2) is 5.43. The van der Waals surface area contributed by atoms with E-state index in [0.717, 1.165) is 22.3 Å². The Labute approximate surface area is 121 Å². The minimum absolute atomic E-state index is 0.0371. The quantitative estimate of drug-likeness (QED) is 0.794. The smallest absolute Gasteiger partial charge is 0.0948 e. The summed E-state index contributed by atoms with van der Waals surface area (Å²) >= 11 is 6.19. The van der Waals surface area contributed by atoms with Crippen LogP contribution in [0.5, 0.6) is 0 Å². The zero-order valence-corrected chi connectivity index (χ0v) is 11.7. The summed E-state index contributed by atoms with van der Waals surface area (Å²) in [6, 6.07) is 7.68. The fraction of sp³-hybridized carbons (Fsp3) is 0.133. The predicted octanol–water partition coefficient (Wildman–Crippen LogP) is 3.85. The van der Waals surface area contributed by atoms with Crippen LogP contribution in [0.15, 0.2) is 49.1 Å². The molecule has 0 saturated carbocycles. The first-order valence-electron chi connectivity index (χ1n) is 6.31. The molecule has 0 aliphatic rings. The van der Waals surface area contributed by atoms with Gasteiger partial charge in [-0.05, 0) is 31.2 Å². The molecular formula is C15H13ClN4.